The van der Waals surface area contributed by atoms with Crippen LogP contribution in [0.25, 0.3) is 0 Å². The molecule has 106 valence electrons. The molecule has 2 N–H and O–H groups in total. The quantitative estimate of drug-likeness (QED) is 0.667. The molecule has 3 nitrogen and oxygen atoms in total. The highest BCUT2D eigenvalue weighted by Crippen LogP contribution is 2.47. The molecular weight excluding hydrogens is 236 g/mol. The van der Waals surface area contributed by atoms with Crippen LogP contribution in [0.3, 0.4) is 0 Å². The minimum absolute atomic E-state index is 0.405. The van der Waals surface area contributed by atoms with Crippen molar-refractivity contribution >= 4 is 0 Å². The van der Waals surface area contributed by atoms with E-state index in [1.165, 1.54) is 18.4 Å². The first-order valence-corrected chi connectivity index (χ1v) is 7.25. The number of nitrogens with one attached hydrogen (secondary N) is 2. The van der Waals surface area contributed by atoms with Crippen LogP contribution in [0.5, 0.6) is 0 Å². The molecule has 2 rings (SSSR count). The fourth-order valence-corrected chi connectivity index (χ4v) is 2.44. The third-order valence-electron chi connectivity index (χ3n) is 3.96. The van der Waals surface area contributed by atoms with E-state index in [4.69, 9.17) is 4.74 Å². The molecule has 1 aliphatic carbocycles. The van der Waals surface area contributed by atoms with Crippen LogP contribution in [-0.2, 0) is 10.2 Å². The molecule has 0 aliphatic heterocycles. The molecule has 0 bridgehead atoms. The van der Waals surface area contributed by atoms with E-state index >= 15 is 0 Å². The number of methoxy groups -OCH3 is 1. The van der Waals surface area contributed by atoms with Crippen LogP contribution in [0.2, 0.25) is 0 Å². The summed E-state index contributed by atoms with van der Waals surface area (Å²) < 4.78 is 5.02. The highest BCUT2D eigenvalue weighted by atomic mass is 16.5. The summed E-state index contributed by atoms with van der Waals surface area (Å²) in [5.41, 5.74) is 1.89. The molecular formula is C16H26N2O. The predicted octanol–water partition coefficient (Wildman–Crippen LogP) is 1.93. The second-order valence-corrected chi connectivity index (χ2v) is 5.63. The van der Waals surface area contributed by atoms with Gasteiger partial charge >= 0.3 is 0 Å². The Morgan fingerprint density at radius 2 is 2.00 bits per heavy atom. The van der Waals surface area contributed by atoms with Gasteiger partial charge in [-0.15, -0.1) is 0 Å². The molecule has 0 amide bonds. The predicted molar refractivity (Wildman–Crippen MR) is 79.6 cm³/mol. The van der Waals surface area contributed by atoms with E-state index in [1.807, 2.05) is 0 Å². The lowest BCUT2D eigenvalue weighted by Gasteiger charge is -2.21. The summed E-state index contributed by atoms with van der Waals surface area (Å²) in [5, 5.41) is 7.05. The number of rotatable bonds is 9. The van der Waals surface area contributed by atoms with Gasteiger partial charge in [-0.2, -0.15) is 0 Å². The van der Waals surface area contributed by atoms with E-state index in [0.29, 0.717) is 11.5 Å². The van der Waals surface area contributed by atoms with Gasteiger partial charge < -0.3 is 15.4 Å². The lowest BCUT2D eigenvalue weighted by atomic mass is 9.96. The highest BCUT2D eigenvalue weighted by Gasteiger charge is 2.43. The number of benzene rings is 1. The van der Waals surface area contributed by atoms with E-state index < -0.39 is 0 Å². The largest absolute Gasteiger partial charge is 0.383 e. The van der Waals surface area contributed by atoms with Crippen LogP contribution >= 0.6 is 0 Å². The molecule has 1 aromatic rings. The maximum absolute atomic E-state index is 5.02. The summed E-state index contributed by atoms with van der Waals surface area (Å²) in [6.45, 7) is 6.02. The maximum Gasteiger partial charge on any atom is 0.0587 e. The van der Waals surface area contributed by atoms with E-state index in [1.54, 1.807) is 7.11 Å². The van der Waals surface area contributed by atoms with Crippen molar-refractivity contribution in [2.75, 3.05) is 33.4 Å². The summed E-state index contributed by atoms with van der Waals surface area (Å²) in [5.74, 6) is 0. The summed E-state index contributed by atoms with van der Waals surface area (Å²) in [7, 11) is 1.74. The Hall–Kier alpha value is -0.900. The molecule has 1 unspecified atom stereocenters. The zero-order valence-electron chi connectivity index (χ0n) is 12.1. The first-order valence-electron chi connectivity index (χ1n) is 7.25. The van der Waals surface area contributed by atoms with Crippen LogP contribution in [-0.4, -0.2) is 39.4 Å². The third-order valence-corrected chi connectivity index (χ3v) is 3.96. The molecule has 0 spiro atoms. The van der Waals surface area contributed by atoms with Crippen LogP contribution < -0.4 is 10.6 Å². The van der Waals surface area contributed by atoms with Gasteiger partial charge in [-0.05, 0) is 25.3 Å². The fourth-order valence-electron chi connectivity index (χ4n) is 2.44. The molecule has 0 radical (unpaired) electrons. The van der Waals surface area contributed by atoms with Gasteiger partial charge in [-0.1, -0.05) is 30.3 Å². The molecule has 1 saturated carbocycles. The zero-order valence-corrected chi connectivity index (χ0v) is 12.1. The second kappa shape index (κ2) is 7.04. The van der Waals surface area contributed by atoms with Crippen molar-refractivity contribution in [3.8, 4) is 0 Å². The number of hydrogen-bond acceptors (Lipinski definition) is 3. The minimum Gasteiger partial charge on any atom is -0.383 e. The van der Waals surface area contributed by atoms with Gasteiger partial charge in [0.05, 0.1) is 6.61 Å². The Morgan fingerprint density at radius 1 is 1.26 bits per heavy atom. The molecule has 1 atom stereocenters. The second-order valence-electron chi connectivity index (χ2n) is 5.63. The van der Waals surface area contributed by atoms with Crippen molar-refractivity contribution in [1.29, 1.82) is 0 Å². The Kier molecular flexibility index (Phi) is 5.37. The molecule has 0 aromatic heterocycles. The average molecular weight is 262 g/mol. The number of hydrogen-bond donors (Lipinski definition) is 2. The molecule has 0 saturated heterocycles. The minimum atomic E-state index is 0.405. The van der Waals surface area contributed by atoms with E-state index in [9.17, 15) is 0 Å². The van der Waals surface area contributed by atoms with E-state index in [-0.39, 0.29) is 0 Å². The lowest BCUT2D eigenvalue weighted by molar-refractivity contribution is 0.198. The summed E-state index contributed by atoms with van der Waals surface area (Å²) in [6, 6.07) is 11.4. The van der Waals surface area contributed by atoms with Crippen LogP contribution in [0.1, 0.15) is 25.3 Å². The first kappa shape index (κ1) is 14.5. The zero-order chi connectivity index (χ0) is 13.6. The van der Waals surface area contributed by atoms with Crippen molar-refractivity contribution in [3.05, 3.63) is 35.9 Å². The van der Waals surface area contributed by atoms with Crippen LogP contribution in [0.15, 0.2) is 30.3 Å². The van der Waals surface area contributed by atoms with Gasteiger partial charge in [0.25, 0.3) is 0 Å². The third kappa shape index (κ3) is 4.30. The van der Waals surface area contributed by atoms with Crippen molar-refractivity contribution < 1.29 is 4.74 Å². The Balaban J connectivity index is 1.70. The van der Waals surface area contributed by atoms with E-state index in [0.717, 1.165) is 26.2 Å². The maximum atomic E-state index is 5.02. The topological polar surface area (TPSA) is 33.3 Å². The molecule has 1 aromatic carbocycles. The van der Waals surface area contributed by atoms with Crippen molar-refractivity contribution in [2.24, 2.45) is 0 Å². The SMILES string of the molecule is COCCNCC(C)NCC1(c2ccccc2)CC1. The van der Waals surface area contributed by atoms with Crippen molar-refractivity contribution in [3.63, 3.8) is 0 Å². The summed E-state index contributed by atoms with van der Waals surface area (Å²) >= 11 is 0. The van der Waals surface area contributed by atoms with Gasteiger partial charge in [0.1, 0.15) is 0 Å². The standard InChI is InChI=1S/C16H26N2O/c1-14(12-17-10-11-19-2)18-13-16(8-9-16)15-6-4-3-5-7-15/h3-7,14,17-18H,8-13H2,1-2H3. The number of ether oxygens (including phenoxy) is 1. The Bertz CT molecular complexity index is 362. The van der Waals surface area contributed by atoms with Crippen molar-refractivity contribution in [1.82, 2.24) is 10.6 Å². The molecule has 0 heterocycles. The monoisotopic (exact) mass is 262 g/mol. The Labute approximate surface area is 116 Å². The molecule has 1 aliphatic rings. The Morgan fingerprint density at radius 3 is 2.63 bits per heavy atom. The van der Waals surface area contributed by atoms with Gasteiger partial charge in [0.2, 0.25) is 0 Å². The molecule has 1 fully saturated rings. The molecule has 3 heteroatoms. The summed E-state index contributed by atoms with van der Waals surface area (Å²) in [6.07, 6.45) is 2.63. The van der Waals surface area contributed by atoms with Crippen molar-refractivity contribution in [2.45, 2.75) is 31.2 Å². The fraction of sp³-hybridized carbons (Fsp3) is 0.625. The van der Waals surface area contributed by atoms with Gasteiger partial charge in [-0.25, -0.2) is 0 Å². The first-order chi connectivity index (χ1) is 9.27. The summed E-state index contributed by atoms with van der Waals surface area (Å²) in [4.78, 5) is 0. The molecule has 19 heavy (non-hydrogen) atoms. The van der Waals surface area contributed by atoms with Gasteiger partial charge in [0, 0.05) is 38.2 Å². The van der Waals surface area contributed by atoms with Gasteiger partial charge in [-0.3, -0.25) is 0 Å². The van der Waals surface area contributed by atoms with E-state index in [2.05, 4.69) is 47.9 Å². The lowest BCUT2D eigenvalue weighted by Crippen LogP contribution is -2.41. The smallest absolute Gasteiger partial charge is 0.0587 e. The van der Waals surface area contributed by atoms with Crippen LogP contribution in [0, 0.1) is 0 Å². The highest BCUT2D eigenvalue weighted by molar-refractivity contribution is 5.31. The van der Waals surface area contributed by atoms with Gasteiger partial charge in [0.15, 0.2) is 0 Å². The average Bonchev–Trinajstić information content (AvgIpc) is 3.24. The van der Waals surface area contributed by atoms with Crippen LogP contribution in [0.4, 0.5) is 0 Å². The normalized spacial score (nSPS) is 18.2.